The molecular weight excluding hydrogens is 378 g/mol. The highest BCUT2D eigenvalue weighted by molar-refractivity contribution is 5.85. The predicted octanol–water partition coefficient (Wildman–Crippen LogP) is 1.65. The Morgan fingerprint density at radius 2 is 2.00 bits per heavy atom. The first-order valence-electron chi connectivity index (χ1n) is 9.30. The summed E-state index contributed by atoms with van der Waals surface area (Å²) in [5.41, 5.74) is 2.63. The van der Waals surface area contributed by atoms with Crippen molar-refractivity contribution in [2.75, 3.05) is 19.6 Å². The van der Waals surface area contributed by atoms with E-state index in [0.29, 0.717) is 18.7 Å². The molecule has 1 aromatic carbocycles. The highest BCUT2D eigenvalue weighted by Gasteiger charge is 2.28. The van der Waals surface area contributed by atoms with Gasteiger partial charge in [0.05, 0.1) is 6.04 Å². The molecule has 1 aliphatic rings. The summed E-state index contributed by atoms with van der Waals surface area (Å²) < 4.78 is 2.70. The fraction of sp³-hybridized carbons (Fsp3) is 0.350. The van der Waals surface area contributed by atoms with Crippen LogP contribution in [-0.2, 0) is 17.8 Å². The van der Waals surface area contributed by atoms with Gasteiger partial charge in [-0.15, -0.1) is 17.5 Å². The Balaban J connectivity index is 0.00000225. The van der Waals surface area contributed by atoms with Crippen LogP contribution in [0.2, 0.25) is 0 Å². The van der Waals surface area contributed by atoms with Gasteiger partial charge >= 0.3 is 5.69 Å². The first-order chi connectivity index (χ1) is 13.2. The van der Waals surface area contributed by atoms with Crippen LogP contribution >= 0.6 is 12.4 Å². The van der Waals surface area contributed by atoms with Crippen LogP contribution in [0, 0.1) is 0 Å². The lowest BCUT2D eigenvalue weighted by molar-refractivity contribution is -0.135. The van der Waals surface area contributed by atoms with Crippen LogP contribution in [0.25, 0.3) is 5.65 Å². The maximum atomic E-state index is 13.0. The number of hydrogen-bond acceptors (Lipinski definition) is 4. The van der Waals surface area contributed by atoms with Crippen molar-refractivity contribution < 1.29 is 4.79 Å². The summed E-state index contributed by atoms with van der Waals surface area (Å²) >= 11 is 0. The van der Waals surface area contributed by atoms with Gasteiger partial charge in [-0.2, -0.15) is 0 Å². The summed E-state index contributed by atoms with van der Waals surface area (Å²) in [6.07, 6.45) is 2.65. The van der Waals surface area contributed by atoms with E-state index in [9.17, 15) is 9.59 Å². The monoisotopic (exact) mass is 401 g/mol. The number of aryl methyl sites for hydroxylation is 1. The van der Waals surface area contributed by atoms with E-state index in [1.54, 1.807) is 18.3 Å². The van der Waals surface area contributed by atoms with E-state index in [4.69, 9.17) is 0 Å². The summed E-state index contributed by atoms with van der Waals surface area (Å²) in [6.45, 7) is 4.14. The van der Waals surface area contributed by atoms with Crippen LogP contribution in [0.1, 0.15) is 24.1 Å². The van der Waals surface area contributed by atoms with Crippen LogP contribution in [0.15, 0.2) is 53.5 Å². The van der Waals surface area contributed by atoms with Gasteiger partial charge in [-0.1, -0.05) is 37.3 Å². The fourth-order valence-corrected chi connectivity index (χ4v) is 3.57. The summed E-state index contributed by atoms with van der Waals surface area (Å²) in [5.74, 6) is -0.0911. The number of nitrogens with zero attached hydrogens (tertiary/aromatic N) is 4. The molecule has 1 atom stereocenters. The molecule has 0 saturated carbocycles. The Hall–Kier alpha value is -2.64. The zero-order valence-electron chi connectivity index (χ0n) is 15.7. The van der Waals surface area contributed by atoms with Gasteiger partial charge in [-0.05, 0) is 29.7 Å². The minimum Gasteiger partial charge on any atom is -0.331 e. The molecule has 7 nitrogen and oxygen atoms in total. The Morgan fingerprint density at radius 3 is 2.71 bits per heavy atom. The van der Waals surface area contributed by atoms with Gasteiger partial charge in [0.25, 0.3) is 0 Å². The van der Waals surface area contributed by atoms with Crippen molar-refractivity contribution >= 4 is 24.0 Å². The predicted molar refractivity (Wildman–Crippen MR) is 110 cm³/mol. The smallest absolute Gasteiger partial charge is 0.331 e. The molecule has 0 radical (unpaired) electrons. The molecule has 0 bridgehead atoms. The van der Waals surface area contributed by atoms with E-state index in [1.807, 2.05) is 11.0 Å². The summed E-state index contributed by atoms with van der Waals surface area (Å²) in [7, 11) is 0. The number of rotatable bonds is 4. The molecule has 8 heteroatoms. The molecule has 1 amide bonds. The van der Waals surface area contributed by atoms with Crippen molar-refractivity contribution in [1.29, 1.82) is 0 Å². The third-order valence-electron chi connectivity index (χ3n) is 5.11. The molecule has 0 aliphatic carbocycles. The standard InChI is InChI=1S/C20H23N5O2.ClH/c1-2-15-6-8-16(9-7-15)17-13-21-10-12-23(17)19(26)14-25-20(27)24-11-4-3-5-18(24)22-25;/h3-9,11,17,21H,2,10,12-14H2,1H3;1H. The second-order valence-corrected chi connectivity index (χ2v) is 6.77. The zero-order chi connectivity index (χ0) is 18.8. The van der Waals surface area contributed by atoms with E-state index in [1.165, 1.54) is 14.6 Å². The Kier molecular flexibility index (Phi) is 6.16. The van der Waals surface area contributed by atoms with Gasteiger partial charge in [0.15, 0.2) is 5.65 Å². The molecule has 1 fully saturated rings. The number of amides is 1. The topological polar surface area (TPSA) is 71.6 Å². The lowest BCUT2D eigenvalue weighted by Crippen LogP contribution is -2.50. The molecule has 1 N–H and O–H groups in total. The largest absolute Gasteiger partial charge is 0.350 e. The Labute approximate surface area is 169 Å². The van der Waals surface area contributed by atoms with Crippen LogP contribution in [0.3, 0.4) is 0 Å². The van der Waals surface area contributed by atoms with Crippen molar-refractivity contribution in [2.45, 2.75) is 25.9 Å². The van der Waals surface area contributed by atoms with E-state index >= 15 is 0 Å². The SMILES string of the molecule is CCc1ccc(C2CNCCN2C(=O)Cn2nc3ccccn3c2=O)cc1.Cl. The van der Waals surface area contributed by atoms with Crippen LogP contribution in [0.4, 0.5) is 0 Å². The first kappa shape index (κ1) is 20.1. The number of benzene rings is 1. The van der Waals surface area contributed by atoms with E-state index < -0.39 is 0 Å². The number of aromatic nitrogens is 3. The summed E-state index contributed by atoms with van der Waals surface area (Å²) in [4.78, 5) is 27.3. The maximum Gasteiger partial charge on any atom is 0.350 e. The van der Waals surface area contributed by atoms with Crippen LogP contribution in [0.5, 0.6) is 0 Å². The van der Waals surface area contributed by atoms with Gasteiger partial charge in [0, 0.05) is 25.8 Å². The molecule has 2 aromatic heterocycles. The Morgan fingerprint density at radius 1 is 1.21 bits per heavy atom. The van der Waals surface area contributed by atoms with Crippen molar-refractivity contribution in [1.82, 2.24) is 24.4 Å². The number of halogens is 1. The molecule has 1 aliphatic heterocycles. The molecule has 4 rings (SSSR count). The van der Waals surface area contributed by atoms with E-state index in [0.717, 1.165) is 18.5 Å². The molecule has 1 unspecified atom stereocenters. The normalized spacial score (nSPS) is 16.8. The molecule has 3 heterocycles. The molecular formula is C20H24ClN5O2. The van der Waals surface area contributed by atoms with Gasteiger partial charge in [0.1, 0.15) is 6.54 Å². The maximum absolute atomic E-state index is 13.0. The van der Waals surface area contributed by atoms with Gasteiger partial charge in [-0.25, -0.2) is 9.48 Å². The number of hydrogen-bond donors (Lipinski definition) is 1. The third-order valence-corrected chi connectivity index (χ3v) is 5.11. The van der Waals surface area contributed by atoms with E-state index in [2.05, 4.69) is 41.6 Å². The van der Waals surface area contributed by atoms with Crippen molar-refractivity contribution in [2.24, 2.45) is 0 Å². The minimum atomic E-state index is -0.294. The molecule has 28 heavy (non-hydrogen) atoms. The molecule has 1 saturated heterocycles. The average Bonchev–Trinajstić information content (AvgIpc) is 3.03. The quantitative estimate of drug-likeness (QED) is 0.721. The molecule has 0 spiro atoms. The molecule has 3 aromatic rings. The van der Waals surface area contributed by atoms with E-state index in [-0.39, 0.29) is 36.6 Å². The summed E-state index contributed by atoms with van der Waals surface area (Å²) in [6, 6.07) is 13.7. The number of carbonyl (C=O) groups excluding carboxylic acids is 1. The number of fused-ring (bicyclic) bond motifs is 1. The highest BCUT2D eigenvalue weighted by atomic mass is 35.5. The van der Waals surface area contributed by atoms with Crippen molar-refractivity contribution in [3.05, 3.63) is 70.3 Å². The van der Waals surface area contributed by atoms with Crippen LogP contribution < -0.4 is 11.0 Å². The average molecular weight is 402 g/mol. The lowest BCUT2D eigenvalue weighted by atomic mass is 10.0. The van der Waals surface area contributed by atoms with Gasteiger partial charge < -0.3 is 10.2 Å². The van der Waals surface area contributed by atoms with Crippen molar-refractivity contribution in [3.8, 4) is 0 Å². The highest BCUT2D eigenvalue weighted by Crippen LogP contribution is 2.23. The lowest BCUT2D eigenvalue weighted by Gasteiger charge is -2.36. The number of carbonyl (C=O) groups is 1. The first-order valence-corrected chi connectivity index (χ1v) is 9.30. The molecule has 148 valence electrons. The third kappa shape index (κ3) is 3.81. The number of piperazine rings is 1. The van der Waals surface area contributed by atoms with Gasteiger partial charge in [-0.3, -0.25) is 9.20 Å². The van der Waals surface area contributed by atoms with Crippen LogP contribution in [-0.4, -0.2) is 44.6 Å². The van der Waals surface area contributed by atoms with Gasteiger partial charge in [0.2, 0.25) is 5.91 Å². The zero-order valence-corrected chi connectivity index (χ0v) is 16.6. The second-order valence-electron chi connectivity index (χ2n) is 6.77. The fourth-order valence-electron chi connectivity index (χ4n) is 3.57. The Bertz CT molecular complexity index is 1010. The minimum absolute atomic E-state index is 0. The second kappa shape index (κ2) is 8.58. The number of nitrogens with one attached hydrogen (secondary N) is 1. The van der Waals surface area contributed by atoms with Crippen molar-refractivity contribution in [3.63, 3.8) is 0 Å². The number of pyridine rings is 1. The summed E-state index contributed by atoms with van der Waals surface area (Å²) in [5, 5.41) is 7.63.